The number of hydrogen-bond acceptors (Lipinski definition) is 2. The molecule has 0 atom stereocenters. The fraction of sp³-hybridized carbons (Fsp3) is 0.444. The third-order valence-electron chi connectivity index (χ3n) is 4.33. The summed E-state index contributed by atoms with van der Waals surface area (Å²) in [7, 11) is 2.03. The zero-order chi connectivity index (χ0) is 13.8. The number of aryl methyl sites for hydroxylation is 1. The molecule has 0 spiro atoms. The summed E-state index contributed by atoms with van der Waals surface area (Å²) in [6.45, 7) is 2.17. The van der Waals surface area contributed by atoms with Gasteiger partial charge in [0, 0.05) is 17.9 Å². The van der Waals surface area contributed by atoms with Crippen LogP contribution in [0.2, 0.25) is 0 Å². The number of allylic oxidation sites excluding steroid dienone is 3. The van der Waals surface area contributed by atoms with Crippen LogP contribution in [0.1, 0.15) is 31.2 Å². The Balaban J connectivity index is 1.95. The standard InChI is InChI=1S/C18H24N2/c1-19-13-6-14-20-17-9-4-2-7-15(17)11-12-16-8-3-5-10-18(16)20/h2,4-5,7,9-10,19H,3,6,8,11-14H2,1H3. The Kier molecular flexibility index (Phi) is 4.22. The molecule has 0 bridgehead atoms. The number of nitrogens with one attached hydrogen (secondary N) is 1. The monoisotopic (exact) mass is 268 g/mol. The predicted octanol–water partition coefficient (Wildman–Crippen LogP) is 3.65. The number of hydrogen-bond donors (Lipinski definition) is 1. The Morgan fingerprint density at radius 1 is 1.15 bits per heavy atom. The van der Waals surface area contributed by atoms with Crippen LogP contribution in [0.5, 0.6) is 0 Å². The van der Waals surface area contributed by atoms with Crippen molar-refractivity contribution in [2.75, 3.05) is 25.0 Å². The summed E-state index contributed by atoms with van der Waals surface area (Å²) in [5.41, 5.74) is 6.03. The third kappa shape index (κ3) is 2.66. The summed E-state index contributed by atoms with van der Waals surface area (Å²) in [5, 5.41) is 3.26. The van der Waals surface area contributed by atoms with Gasteiger partial charge in [0.05, 0.1) is 0 Å². The van der Waals surface area contributed by atoms with E-state index in [2.05, 4.69) is 46.6 Å². The van der Waals surface area contributed by atoms with E-state index in [9.17, 15) is 0 Å². The highest BCUT2D eigenvalue weighted by atomic mass is 15.1. The van der Waals surface area contributed by atoms with Gasteiger partial charge in [-0.15, -0.1) is 0 Å². The molecule has 0 amide bonds. The Bertz CT molecular complexity index is 528. The third-order valence-corrected chi connectivity index (χ3v) is 4.33. The zero-order valence-electron chi connectivity index (χ0n) is 12.4. The molecule has 20 heavy (non-hydrogen) atoms. The number of para-hydroxylation sites is 1. The van der Waals surface area contributed by atoms with Crippen molar-refractivity contribution >= 4 is 5.69 Å². The molecule has 0 aromatic heterocycles. The second-order valence-electron chi connectivity index (χ2n) is 5.67. The van der Waals surface area contributed by atoms with E-state index in [-0.39, 0.29) is 0 Å². The van der Waals surface area contributed by atoms with E-state index in [1.807, 2.05) is 7.05 Å². The molecule has 1 aromatic rings. The van der Waals surface area contributed by atoms with Gasteiger partial charge in [-0.2, -0.15) is 0 Å². The fourth-order valence-corrected chi connectivity index (χ4v) is 3.29. The highest BCUT2D eigenvalue weighted by Gasteiger charge is 2.22. The van der Waals surface area contributed by atoms with Crippen molar-refractivity contribution in [3.8, 4) is 0 Å². The largest absolute Gasteiger partial charge is 0.341 e. The molecule has 3 rings (SSSR count). The fourth-order valence-electron chi connectivity index (χ4n) is 3.29. The van der Waals surface area contributed by atoms with Gasteiger partial charge in [-0.1, -0.05) is 24.3 Å². The molecule has 2 nitrogen and oxygen atoms in total. The van der Waals surface area contributed by atoms with Crippen LogP contribution in [-0.4, -0.2) is 20.1 Å². The lowest BCUT2D eigenvalue weighted by atomic mass is 9.97. The van der Waals surface area contributed by atoms with E-state index in [0.29, 0.717) is 0 Å². The number of benzene rings is 1. The van der Waals surface area contributed by atoms with E-state index in [1.165, 1.54) is 49.1 Å². The molecule has 1 aliphatic carbocycles. The van der Waals surface area contributed by atoms with Gasteiger partial charge in [0.1, 0.15) is 0 Å². The molecular weight excluding hydrogens is 244 g/mol. The van der Waals surface area contributed by atoms with Crippen molar-refractivity contribution in [2.45, 2.75) is 32.1 Å². The van der Waals surface area contributed by atoms with Gasteiger partial charge in [0.25, 0.3) is 0 Å². The van der Waals surface area contributed by atoms with Gasteiger partial charge in [-0.3, -0.25) is 0 Å². The van der Waals surface area contributed by atoms with E-state index in [1.54, 1.807) is 5.57 Å². The van der Waals surface area contributed by atoms with Crippen LogP contribution in [0.15, 0.2) is 47.7 Å². The maximum absolute atomic E-state index is 3.26. The molecule has 0 unspecified atom stereocenters. The second kappa shape index (κ2) is 6.27. The zero-order valence-corrected chi connectivity index (χ0v) is 12.4. The molecule has 1 aliphatic heterocycles. The molecule has 0 saturated carbocycles. The van der Waals surface area contributed by atoms with Crippen molar-refractivity contribution in [1.29, 1.82) is 0 Å². The summed E-state index contributed by atoms with van der Waals surface area (Å²) >= 11 is 0. The van der Waals surface area contributed by atoms with Crippen molar-refractivity contribution in [1.82, 2.24) is 5.32 Å². The summed E-state index contributed by atoms with van der Waals surface area (Å²) < 4.78 is 0. The van der Waals surface area contributed by atoms with Gasteiger partial charge < -0.3 is 10.2 Å². The summed E-state index contributed by atoms with van der Waals surface area (Å²) in [6, 6.07) is 8.92. The lowest BCUT2D eigenvalue weighted by Crippen LogP contribution is -2.27. The van der Waals surface area contributed by atoms with Crippen LogP contribution in [0, 0.1) is 0 Å². The Labute approximate surface area is 122 Å². The Morgan fingerprint density at radius 3 is 2.95 bits per heavy atom. The molecule has 1 N–H and O–H groups in total. The highest BCUT2D eigenvalue weighted by molar-refractivity contribution is 5.62. The first kappa shape index (κ1) is 13.4. The van der Waals surface area contributed by atoms with Crippen LogP contribution in [0.25, 0.3) is 0 Å². The molecule has 2 heteroatoms. The summed E-state index contributed by atoms with van der Waals surface area (Å²) in [5.74, 6) is 0. The second-order valence-corrected chi connectivity index (χ2v) is 5.67. The lowest BCUT2D eigenvalue weighted by Gasteiger charge is -2.29. The van der Waals surface area contributed by atoms with Crippen molar-refractivity contribution < 1.29 is 0 Å². The lowest BCUT2D eigenvalue weighted by molar-refractivity contribution is 0.711. The van der Waals surface area contributed by atoms with Gasteiger partial charge >= 0.3 is 0 Å². The first-order chi connectivity index (χ1) is 9.90. The maximum Gasteiger partial charge on any atom is 0.0443 e. The molecule has 0 saturated heterocycles. The number of fused-ring (bicyclic) bond motifs is 1. The Hall–Kier alpha value is -1.54. The van der Waals surface area contributed by atoms with Gasteiger partial charge in [0.15, 0.2) is 0 Å². The molecule has 106 valence electrons. The van der Waals surface area contributed by atoms with Crippen molar-refractivity contribution in [3.05, 3.63) is 53.3 Å². The summed E-state index contributed by atoms with van der Waals surface area (Å²) in [4.78, 5) is 2.55. The minimum absolute atomic E-state index is 1.07. The Morgan fingerprint density at radius 2 is 2.05 bits per heavy atom. The minimum atomic E-state index is 1.07. The van der Waals surface area contributed by atoms with Crippen LogP contribution in [-0.2, 0) is 6.42 Å². The quantitative estimate of drug-likeness (QED) is 0.839. The molecule has 1 heterocycles. The SMILES string of the molecule is CNCCCN1C2=C(CCC=C2)CCc2ccccc21. The molecule has 1 aromatic carbocycles. The molecule has 0 radical (unpaired) electrons. The first-order valence-electron chi connectivity index (χ1n) is 7.79. The van der Waals surface area contributed by atoms with E-state index >= 15 is 0 Å². The van der Waals surface area contributed by atoms with Crippen LogP contribution >= 0.6 is 0 Å². The number of anilines is 1. The summed E-state index contributed by atoms with van der Waals surface area (Å²) in [6.07, 6.45) is 10.7. The smallest absolute Gasteiger partial charge is 0.0443 e. The van der Waals surface area contributed by atoms with Gasteiger partial charge in [-0.25, -0.2) is 0 Å². The average Bonchev–Trinajstić information content (AvgIpc) is 2.66. The van der Waals surface area contributed by atoms with Crippen LogP contribution in [0.3, 0.4) is 0 Å². The minimum Gasteiger partial charge on any atom is -0.341 e. The molecular formula is C18H24N2. The first-order valence-corrected chi connectivity index (χ1v) is 7.79. The van der Waals surface area contributed by atoms with E-state index < -0.39 is 0 Å². The topological polar surface area (TPSA) is 15.3 Å². The highest BCUT2D eigenvalue weighted by Crippen LogP contribution is 2.35. The molecule has 0 fully saturated rings. The predicted molar refractivity (Wildman–Crippen MR) is 86.1 cm³/mol. The van der Waals surface area contributed by atoms with Crippen molar-refractivity contribution in [2.24, 2.45) is 0 Å². The number of nitrogens with zero attached hydrogens (tertiary/aromatic N) is 1. The normalized spacial score (nSPS) is 17.8. The van der Waals surface area contributed by atoms with Gasteiger partial charge in [0.2, 0.25) is 0 Å². The van der Waals surface area contributed by atoms with E-state index in [4.69, 9.17) is 0 Å². The number of rotatable bonds is 4. The average molecular weight is 268 g/mol. The molecule has 2 aliphatic rings. The maximum atomic E-state index is 3.26. The van der Waals surface area contributed by atoms with E-state index in [0.717, 1.165) is 13.1 Å². The van der Waals surface area contributed by atoms with Crippen molar-refractivity contribution in [3.63, 3.8) is 0 Å². The van der Waals surface area contributed by atoms with Gasteiger partial charge in [-0.05, 0) is 69.0 Å². The van der Waals surface area contributed by atoms with Crippen LogP contribution < -0.4 is 10.2 Å². The van der Waals surface area contributed by atoms with Crippen LogP contribution in [0.4, 0.5) is 5.69 Å².